The molecule has 1 amide bonds. The molecule has 2 aromatic heterocycles. The lowest BCUT2D eigenvalue weighted by atomic mass is 10.0. The number of amides is 1. The van der Waals surface area contributed by atoms with Gasteiger partial charge in [0.2, 0.25) is 17.6 Å². The van der Waals surface area contributed by atoms with Crippen LogP contribution in [0, 0.1) is 5.92 Å². The molecule has 0 aliphatic carbocycles. The molecular formula is C15H19N3O5. The highest BCUT2D eigenvalue weighted by atomic mass is 16.5. The van der Waals surface area contributed by atoms with Gasteiger partial charge in [-0.25, -0.2) is 4.79 Å². The van der Waals surface area contributed by atoms with E-state index in [0.717, 1.165) is 0 Å². The second-order valence-electron chi connectivity index (χ2n) is 5.61. The van der Waals surface area contributed by atoms with E-state index >= 15 is 0 Å². The summed E-state index contributed by atoms with van der Waals surface area (Å²) in [4.78, 5) is 27.1. The third kappa shape index (κ3) is 4.94. The first-order valence-electron chi connectivity index (χ1n) is 7.33. The van der Waals surface area contributed by atoms with Gasteiger partial charge in [-0.1, -0.05) is 19.0 Å². The molecule has 2 N–H and O–H groups in total. The fourth-order valence-corrected chi connectivity index (χ4v) is 2.05. The van der Waals surface area contributed by atoms with Gasteiger partial charge in [0.1, 0.15) is 12.3 Å². The van der Waals surface area contributed by atoms with Crippen LogP contribution < -0.4 is 5.32 Å². The number of hydrogen-bond acceptors (Lipinski definition) is 6. The smallest absolute Gasteiger partial charge is 0.326 e. The molecule has 124 valence electrons. The number of carboxylic acids is 1. The monoisotopic (exact) mass is 321 g/mol. The molecule has 0 aliphatic heterocycles. The van der Waals surface area contributed by atoms with Gasteiger partial charge in [-0.05, 0) is 18.4 Å². The summed E-state index contributed by atoms with van der Waals surface area (Å²) in [5.74, 6) is -0.525. The molecule has 0 bridgehead atoms. The lowest BCUT2D eigenvalue weighted by Crippen LogP contribution is -2.41. The van der Waals surface area contributed by atoms with E-state index in [1.54, 1.807) is 6.07 Å². The first-order chi connectivity index (χ1) is 11.0. The largest absolute Gasteiger partial charge is 0.480 e. The highest BCUT2D eigenvalue weighted by Crippen LogP contribution is 2.16. The number of rotatable bonds is 8. The number of hydrogen-bond donors (Lipinski definition) is 2. The van der Waals surface area contributed by atoms with Gasteiger partial charge in [0.25, 0.3) is 0 Å². The molecule has 0 aliphatic rings. The van der Waals surface area contributed by atoms with Crippen molar-refractivity contribution in [2.24, 2.45) is 5.92 Å². The second kappa shape index (κ2) is 7.57. The summed E-state index contributed by atoms with van der Waals surface area (Å²) in [6, 6.07) is 0.816. The van der Waals surface area contributed by atoms with Crippen molar-refractivity contribution < 1.29 is 23.6 Å². The minimum atomic E-state index is -1.04. The average molecular weight is 321 g/mol. The van der Waals surface area contributed by atoms with Crippen LogP contribution >= 0.6 is 0 Å². The van der Waals surface area contributed by atoms with Crippen LogP contribution in [0.3, 0.4) is 0 Å². The molecule has 2 aromatic rings. The Bertz CT molecular complexity index is 648. The van der Waals surface area contributed by atoms with Crippen molar-refractivity contribution in [2.75, 3.05) is 0 Å². The Morgan fingerprint density at radius 1 is 1.39 bits per heavy atom. The number of carboxylic acid groups (broad SMARTS) is 1. The summed E-state index contributed by atoms with van der Waals surface area (Å²) >= 11 is 0. The molecule has 23 heavy (non-hydrogen) atoms. The summed E-state index contributed by atoms with van der Waals surface area (Å²) in [7, 11) is 0. The fourth-order valence-electron chi connectivity index (χ4n) is 2.05. The van der Waals surface area contributed by atoms with Crippen molar-refractivity contribution in [1.29, 1.82) is 0 Å². The Morgan fingerprint density at radius 2 is 2.17 bits per heavy atom. The van der Waals surface area contributed by atoms with Crippen LogP contribution in [0.1, 0.15) is 32.6 Å². The first-order valence-corrected chi connectivity index (χ1v) is 7.33. The predicted octanol–water partition coefficient (Wildman–Crippen LogP) is 1.88. The molecule has 0 unspecified atom stereocenters. The summed E-state index contributed by atoms with van der Waals surface area (Å²) < 4.78 is 9.99. The number of nitrogens with one attached hydrogen (secondary N) is 1. The van der Waals surface area contributed by atoms with Crippen molar-refractivity contribution in [3.8, 4) is 11.4 Å². The summed E-state index contributed by atoms with van der Waals surface area (Å²) in [6.45, 7) is 3.80. The van der Waals surface area contributed by atoms with Gasteiger partial charge in [0.05, 0.1) is 11.8 Å². The van der Waals surface area contributed by atoms with Crippen molar-refractivity contribution in [1.82, 2.24) is 15.5 Å². The van der Waals surface area contributed by atoms with E-state index in [2.05, 4.69) is 15.5 Å². The quantitative estimate of drug-likeness (QED) is 0.761. The Balaban J connectivity index is 1.85. The topological polar surface area (TPSA) is 118 Å². The summed E-state index contributed by atoms with van der Waals surface area (Å²) in [5, 5.41) is 15.4. The highest BCUT2D eigenvalue weighted by Gasteiger charge is 2.21. The Labute approximate surface area is 132 Å². The van der Waals surface area contributed by atoms with E-state index in [-0.39, 0.29) is 24.7 Å². The minimum Gasteiger partial charge on any atom is -0.480 e. The van der Waals surface area contributed by atoms with Crippen LogP contribution in [-0.4, -0.2) is 33.2 Å². The molecule has 0 aromatic carbocycles. The van der Waals surface area contributed by atoms with Crippen molar-refractivity contribution in [3.63, 3.8) is 0 Å². The van der Waals surface area contributed by atoms with E-state index in [9.17, 15) is 9.59 Å². The maximum absolute atomic E-state index is 11.9. The van der Waals surface area contributed by atoms with E-state index in [1.165, 1.54) is 12.5 Å². The van der Waals surface area contributed by atoms with Gasteiger partial charge in [-0.3, -0.25) is 4.79 Å². The normalized spacial score (nSPS) is 12.3. The molecule has 2 rings (SSSR count). The van der Waals surface area contributed by atoms with Gasteiger partial charge in [0.15, 0.2) is 0 Å². The molecule has 8 nitrogen and oxygen atoms in total. The predicted molar refractivity (Wildman–Crippen MR) is 79.3 cm³/mol. The lowest BCUT2D eigenvalue weighted by Gasteiger charge is -2.16. The van der Waals surface area contributed by atoms with E-state index in [0.29, 0.717) is 23.7 Å². The van der Waals surface area contributed by atoms with Gasteiger partial charge in [0, 0.05) is 12.8 Å². The Hall–Kier alpha value is -2.64. The third-order valence-corrected chi connectivity index (χ3v) is 3.15. The zero-order valence-corrected chi connectivity index (χ0v) is 13.0. The minimum absolute atomic E-state index is 0.0783. The molecule has 8 heteroatoms. The number of carbonyl (C=O) groups excluding carboxylic acids is 1. The molecule has 1 atom stereocenters. The van der Waals surface area contributed by atoms with Gasteiger partial charge in [-0.15, -0.1) is 0 Å². The number of aromatic nitrogens is 2. The third-order valence-electron chi connectivity index (χ3n) is 3.15. The molecule has 0 fully saturated rings. The summed E-state index contributed by atoms with van der Waals surface area (Å²) in [6.07, 6.45) is 3.69. The van der Waals surface area contributed by atoms with Gasteiger partial charge >= 0.3 is 5.97 Å². The van der Waals surface area contributed by atoms with Crippen LogP contribution in [0.5, 0.6) is 0 Å². The van der Waals surface area contributed by atoms with Crippen LogP contribution in [0.2, 0.25) is 0 Å². The molecule has 2 heterocycles. The van der Waals surface area contributed by atoms with Gasteiger partial charge < -0.3 is 19.4 Å². The maximum atomic E-state index is 11.9. The summed E-state index contributed by atoms with van der Waals surface area (Å²) in [5.41, 5.74) is 0.687. The van der Waals surface area contributed by atoms with Crippen molar-refractivity contribution in [3.05, 3.63) is 24.5 Å². The van der Waals surface area contributed by atoms with Crippen molar-refractivity contribution >= 4 is 11.9 Å². The Morgan fingerprint density at radius 3 is 2.78 bits per heavy atom. The second-order valence-corrected chi connectivity index (χ2v) is 5.61. The van der Waals surface area contributed by atoms with Crippen LogP contribution in [-0.2, 0) is 16.0 Å². The molecular weight excluding hydrogens is 302 g/mol. The zero-order valence-electron chi connectivity index (χ0n) is 13.0. The molecule has 0 radical (unpaired) electrons. The van der Waals surface area contributed by atoms with Crippen LogP contribution in [0.25, 0.3) is 11.4 Å². The fraction of sp³-hybridized carbons (Fsp3) is 0.467. The number of carbonyl (C=O) groups is 2. The lowest BCUT2D eigenvalue weighted by molar-refractivity contribution is -0.142. The number of furan rings is 1. The molecule has 0 spiro atoms. The number of nitrogens with zero attached hydrogens (tertiary/aromatic N) is 2. The maximum Gasteiger partial charge on any atom is 0.326 e. The number of aliphatic carboxylic acids is 1. The van der Waals surface area contributed by atoms with E-state index in [1.807, 2.05) is 13.8 Å². The molecule has 0 saturated carbocycles. The highest BCUT2D eigenvalue weighted by molar-refractivity contribution is 5.83. The van der Waals surface area contributed by atoms with Crippen LogP contribution in [0.4, 0.5) is 0 Å². The standard InChI is InChI=1S/C15H19N3O5/c1-9(2)7-11(15(20)21)16-12(19)3-4-13-17-14(18-23-13)10-5-6-22-8-10/h5-6,8-9,11H,3-4,7H2,1-2H3,(H,16,19)(H,20,21)/t11-/m1/s1. The van der Waals surface area contributed by atoms with Crippen LogP contribution in [0.15, 0.2) is 27.5 Å². The first kappa shape index (κ1) is 16.7. The Kier molecular flexibility index (Phi) is 5.51. The van der Waals surface area contributed by atoms with Gasteiger partial charge in [-0.2, -0.15) is 4.98 Å². The average Bonchev–Trinajstić information content (AvgIpc) is 3.14. The van der Waals surface area contributed by atoms with E-state index in [4.69, 9.17) is 14.0 Å². The SMILES string of the molecule is CC(C)C[C@@H](NC(=O)CCc1nc(-c2ccoc2)no1)C(=O)O. The zero-order chi connectivity index (χ0) is 16.8. The van der Waals surface area contributed by atoms with E-state index < -0.39 is 12.0 Å². The van der Waals surface area contributed by atoms with Crippen molar-refractivity contribution in [2.45, 2.75) is 39.2 Å². The molecule has 0 saturated heterocycles. The number of aryl methyl sites for hydroxylation is 1.